The first-order valence-corrected chi connectivity index (χ1v) is 5.33. The molecule has 0 saturated heterocycles. The molecule has 0 aliphatic rings. The molecule has 0 radical (unpaired) electrons. The fraction of sp³-hybridized carbons (Fsp3) is 1.00. The summed E-state index contributed by atoms with van der Waals surface area (Å²) in [7, 11) is -4.66. The van der Waals surface area contributed by atoms with Crippen LogP contribution in [0.15, 0.2) is 0 Å². The summed E-state index contributed by atoms with van der Waals surface area (Å²) >= 11 is 0. The van der Waals surface area contributed by atoms with Gasteiger partial charge in [-0.3, -0.25) is 0 Å². The van der Waals surface area contributed by atoms with Crippen LogP contribution >= 0.6 is 7.28 Å². The van der Waals surface area contributed by atoms with Gasteiger partial charge in [-0.15, -0.1) is 0 Å². The summed E-state index contributed by atoms with van der Waals surface area (Å²) < 4.78 is 0. The molecule has 0 saturated carbocycles. The van der Waals surface area contributed by atoms with E-state index in [1.165, 1.54) is 0 Å². The van der Waals surface area contributed by atoms with Gasteiger partial charge < -0.3 is 0 Å². The second-order valence-corrected chi connectivity index (χ2v) is 5.81. The Labute approximate surface area is 58.7 Å². The van der Waals surface area contributed by atoms with Gasteiger partial charge in [0.2, 0.25) is 0 Å². The molecule has 64 valence electrons. The Morgan fingerprint density at radius 2 is 1.10 bits per heavy atom. The van der Waals surface area contributed by atoms with Gasteiger partial charge in [-0.1, -0.05) is 0 Å². The van der Waals surface area contributed by atoms with E-state index in [0.717, 1.165) is 0 Å². The third kappa shape index (κ3) is 4.11. The van der Waals surface area contributed by atoms with Crippen LogP contribution in [0.2, 0.25) is 0 Å². The molecule has 5 N–H and O–H groups in total. The summed E-state index contributed by atoms with van der Waals surface area (Å²) in [5.74, 6) is 0. The van der Waals surface area contributed by atoms with E-state index in [-0.39, 0.29) is 0 Å². The van der Waals surface area contributed by atoms with E-state index < -0.39 is 32.8 Å². The van der Waals surface area contributed by atoms with E-state index in [2.05, 4.69) is 0 Å². The fourth-order valence-electron chi connectivity index (χ4n) is 0.522. The van der Waals surface area contributed by atoms with Gasteiger partial charge in [0.05, 0.1) is 0 Å². The summed E-state index contributed by atoms with van der Waals surface area (Å²) in [6, 6.07) is 0. The molecule has 0 aromatic carbocycles. The van der Waals surface area contributed by atoms with Crippen LogP contribution in [0.5, 0.6) is 0 Å². The molecule has 0 aliphatic heterocycles. The van der Waals surface area contributed by atoms with E-state index >= 15 is 0 Å². The molecule has 0 fully saturated rings. The zero-order valence-corrected chi connectivity index (χ0v) is 6.41. The Morgan fingerprint density at radius 1 is 0.800 bits per heavy atom. The molecule has 0 aliphatic carbocycles. The van der Waals surface area contributed by atoms with Crippen LogP contribution in [0.25, 0.3) is 0 Å². The number of aliphatic hydroxyl groups is 2. The Hall–Kier alpha value is 0.230. The van der Waals surface area contributed by atoms with Crippen molar-refractivity contribution in [1.29, 1.82) is 0 Å². The third-order valence-electron chi connectivity index (χ3n) is 1.12. The monoisotopic (exact) mass is 172 g/mol. The van der Waals surface area contributed by atoms with Crippen LogP contribution in [-0.4, -0.2) is 50.4 Å². The zero-order chi connectivity index (χ0) is 8.28. The molecule has 0 aromatic heterocycles. The molecular formula is C4H13O5P. The average Bonchev–Trinajstić information content (AvgIpc) is 1.61. The van der Waals surface area contributed by atoms with Crippen LogP contribution in [0.1, 0.15) is 0 Å². The second kappa shape index (κ2) is 3.09. The van der Waals surface area contributed by atoms with Gasteiger partial charge in [0.1, 0.15) is 0 Å². The molecule has 0 heterocycles. The standard InChI is InChI=1S/C4H13O5P/c5-1-3-10(7,8,9)4-2-6/h5-9H,1-4H2. The van der Waals surface area contributed by atoms with E-state index in [4.69, 9.17) is 24.9 Å². The van der Waals surface area contributed by atoms with Crippen molar-refractivity contribution in [2.45, 2.75) is 0 Å². The molecule has 0 aromatic rings. The molecule has 0 atom stereocenters. The van der Waals surface area contributed by atoms with Crippen molar-refractivity contribution in [2.75, 3.05) is 25.5 Å². The first-order chi connectivity index (χ1) is 4.39. The number of hydrogen-bond acceptors (Lipinski definition) is 5. The van der Waals surface area contributed by atoms with Crippen molar-refractivity contribution in [2.24, 2.45) is 0 Å². The molecule has 0 rings (SSSR count). The summed E-state index contributed by atoms with van der Waals surface area (Å²) in [6.45, 7) is -0.997. The van der Waals surface area contributed by atoms with Crippen molar-refractivity contribution in [3.8, 4) is 0 Å². The minimum absolute atomic E-state index is 0.466. The number of hydrogen-bond donors (Lipinski definition) is 5. The zero-order valence-electron chi connectivity index (χ0n) is 5.51. The van der Waals surface area contributed by atoms with Crippen LogP contribution in [0.3, 0.4) is 0 Å². The Bertz CT molecular complexity index is 96.0. The second-order valence-electron chi connectivity index (χ2n) is 2.23. The van der Waals surface area contributed by atoms with Crippen LogP contribution < -0.4 is 0 Å². The predicted octanol–water partition coefficient (Wildman–Crippen LogP) is -1.75. The van der Waals surface area contributed by atoms with E-state index in [9.17, 15) is 0 Å². The molecule has 0 spiro atoms. The van der Waals surface area contributed by atoms with Gasteiger partial charge in [-0.2, -0.15) is 0 Å². The van der Waals surface area contributed by atoms with Gasteiger partial charge in [-0.25, -0.2) is 0 Å². The van der Waals surface area contributed by atoms with Crippen molar-refractivity contribution < 1.29 is 24.9 Å². The minimum atomic E-state index is -4.66. The third-order valence-corrected chi connectivity index (χ3v) is 3.35. The number of aliphatic hydroxyl groups excluding tert-OH is 2. The average molecular weight is 172 g/mol. The summed E-state index contributed by atoms with van der Waals surface area (Å²) in [5.41, 5.74) is 0. The van der Waals surface area contributed by atoms with Gasteiger partial charge in [0.15, 0.2) is 0 Å². The first-order valence-electron chi connectivity index (χ1n) is 2.86. The maximum atomic E-state index is 8.90. The van der Waals surface area contributed by atoms with Crippen molar-refractivity contribution in [3.63, 3.8) is 0 Å². The van der Waals surface area contributed by atoms with Crippen molar-refractivity contribution in [3.05, 3.63) is 0 Å². The van der Waals surface area contributed by atoms with Gasteiger partial charge in [-0.05, 0) is 0 Å². The summed E-state index contributed by atoms with van der Waals surface area (Å²) in [4.78, 5) is 26.7. The molecular weight excluding hydrogens is 159 g/mol. The van der Waals surface area contributed by atoms with Crippen molar-refractivity contribution >= 4 is 7.28 Å². The normalized spacial score (nSPS) is 16.3. The predicted molar refractivity (Wildman–Crippen MR) is 37.5 cm³/mol. The van der Waals surface area contributed by atoms with E-state index in [1.807, 2.05) is 0 Å². The first kappa shape index (κ1) is 10.2. The Morgan fingerprint density at radius 3 is 1.30 bits per heavy atom. The molecule has 0 bridgehead atoms. The van der Waals surface area contributed by atoms with E-state index in [1.54, 1.807) is 0 Å². The van der Waals surface area contributed by atoms with Crippen molar-refractivity contribution in [1.82, 2.24) is 0 Å². The SMILES string of the molecule is OCCP(O)(O)(O)CCO. The fourth-order valence-corrected chi connectivity index (χ4v) is 1.56. The van der Waals surface area contributed by atoms with Gasteiger partial charge in [0.25, 0.3) is 0 Å². The van der Waals surface area contributed by atoms with Crippen LogP contribution in [0, 0.1) is 0 Å². The Kier molecular flexibility index (Phi) is 3.16. The van der Waals surface area contributed by atoms with Gasteiger partial charge in [0, 0.05) is 0 Å². The van der Waals surface area contributed by atoms with Crippen LogP contribution in [-0.2, 0) is 0 Å². The van der Waals surface area contributed by atoms with E-state index in [0.29, 0.717) is 0 Å². The molecule has 6 heteroatoms. The van der Waals surface area contributed by atoms with Crippen LogP contribution in [0.4, 0.5) is 0 Å². The molecule has 10 heavy (non-hydrogen) atoms. The molecule has 0 unspecified atom stereocenters. The topological polar surface area (TPSA) is 101 Å². The summed E-state index contributed by atoms with van der Waals surface area (Å²) in [6.07, 6.45) is -0.932. The quantitative estimate of drug-likeness (QED) is 0.323. The molecule has 0 amide bonds. The maximum absolute atomic E-state index is 8.90. The molecule has 5 nitrogen and oxygen atoms in total. The van der Waals surface area contributed by atoms with Gasteiger partial charge >= 0.3 is 57.7 Å². The summed E-state index contributed by atoms with van der Waals surface area (Å²) in [5, 5.41) is 16.5. The Balaban J connectivity index is 3.97. The number of rotatable bonds is 4.